The van der Waals surface area contributed by atoms with Crippen LogP contribution in [-0.4, -0.2) is 24.7 Å². The van der Waals surface area contributed by atoms with Gasteiger partial charge in [-0.05, 0) is 18.6 Å². The van der Waals surface area contributed by atoms with E-state index >= 15 is 0 Å². The van der Waals surface area contributed by atoms with E-state index in [1.807, 2.05) is 24.3 Å². The molecule has 0 aromatic heterocycles. The summed E-state index contributed by atoms with van der Waals surface area (Å²) in [4.78, 5) is 17.9. The largest absolute Gasteiger partial charge is 0.356 e. The summed E-state index contributed by atoms with van der Waals surface area (Å²) in [5, 5.41) is 1.78. The van der Waals surface area contributed by atoms with Crippen LogP contribution in [0.3, 0.4) is 0 Å². The highest BCUT2D eigenvalue weighted by molar-refractivity contribution is 6.06. The van der Waals surface area contributed by atoms with E-state index in [0.29, 0.717) is 0 Å². The topological polar surface area (TPSA) is 38.8 Å². The van der Waals surface area contributed by atoms with Crippen LogP contribution in [0.5, 0.6) is 0 Å². The van der Waals surface area contributed by atoms with Crippen molar-refractivity contribution in [2.75, 3.05) is 11.7 Å². The number of hydrogen-bond acceptors (Lipinski definition) is 4. The van der Waals surface area contributed by atoms with Gasteiger partial charge >= 0.3 is 0 Å². The van der Waals surface area contributed by atoms with Gasteiger partial charge in [-0.15, -0.1) is 0 Å². The van der Waals surface area contributed by atoms with Gasteiger partial charge in [0.25, 0.3) is 0 Å². The standard InChI is InChI=1S/C12H11NO3/c14-10-7-3-1-2-4-9(7)13-12-8(5-6-15-12)11(10)16-13/h1-4,8,11-12H,5-6H2/t8-,11+,12-/m0/s1. The Morgan fingerprint density at radius 3 is 3.12 bits per heavy atom. The molecule has 82 valence electrons. The van der Waals surface area contributed by atoms with E-state index in [-0.39, 0.29) is 24.0 Å². The van der Waals surface area contributed by atoms with E-state index in [9.17, 15) is 4.79 Å². The number of anilines is 1. The summed E-state index contributed by atoms with van der Waals surface area (Å²) in [7, 11) is 0. The van der Waals surface area contributed by atoms with Gasteiger partial charge in [0.2, 0.25) is 0 Å². The van der Waals surface area contributed by atoms with Crippen LogP contribution in [0.25, 0.3) is 0 Å². The van der Waals surface area contributed by atoms with Gasteiger partial charge in [0.05, 0.1) is 5.69 Å². The Morgan fingerprint density at radius 2 is 2.19 bits per heavy atom. The average molecular weight is 217 g/mol. The van der Waals surface area contributed by atoms with Crippen molar-refractivity contribution in [2.24, 2.45) is 5.92 Å². The predicted molar refractivity (Wildman–Crippen MR) is 56.0 cm³/mol. The summed E-state index contributed by atoms with van der Waals surface area (Å²) in [6.07, 6.45) is 0.506. The number of rotatable bonds is 0. The Labute approximate surface area is 92.7 Å². The average Bonchev–Trinajstić information content (AvgIpc) is 2.88. The lowest BCUT2D eigenvalue weighted by Gasteiger charge is -2.28. The number of Topliss-reactive ketones (excluding diaryl/α,β-unsaturated/α-hetero) is 1. The van der Waals surface area contributed by atoms with Gasteiger partial charge in [0.15, 0.2) is 18.1 Å². The molecule has 4 heteroatoms. The molecule has 4 rings (SSSR count). The van der Waals surface area contributed by atoms with Gasteiger partial charge in [0, 0.05) is 18.1 Å². The lowest BCUT2D eigenvalue weighted by Crippen LogP contribution is -2.35. The first-order valence-corrected chi connectivity index (χ1v) is 5.57. The number of carbonyl (C=O) groups excluding carboxylic acids is 1. The van der Waals surface area contributed by atoms with Gasteiger partial charge in [-0.2, -0.15) is 0 Å². The number of para-hydroxylation sites is 1. The van der Waals surface area contributed by atoms with Crippen molar-refractivity contribution >= 4 is 11.5 Å². The van der Waals surface area contributed by atoms with E-state index < -0.39 is 0 Å². The van der Waals surface area contributed by atoms with Gasteiger partial charge < -0.3 is 4.74 Å². The Bertz CT molecular complexity index is 473. The van der Waals surface area contributed by atoms with E-state index in [1.165, 1.54) is 0 Å². The van der Waals surface area contributed by atoms with E-state index in [2.05, 4.69) is 0 Å². The van der Waals surface area contributed by atoms with Crippen molar-refractivity contribution in [3.05, 3.63) is 29.8 Å². The summed E-state index contributed by atoms with van der Waals surface area (Å²) < 4.78 is 5.64. The number of benzene rings is 1. The van der Waals surface area contributed by atoms with Crippen molar-refractivity contribution in [2.45, 2.75) is 18.8 Å². The molecular formula is C12H11NO3. The fourth-order valence-electron chi connectivity index (χ4n) is 2.86. The van der Waals surface area contributed by atoms with Crippen LogP contribution in [0.4, 0.5) is 5.69 Å². The van der Waals surface area contributed by atoms with Gasteiger partial charge in [-0.3, -0.25) is 9.63 Å². The maximum Gasteiger partial charge on any atom is 0.196 e. The number of hydrogen-bond donors (Lipinski definition) is 0. The van der Waals surface area contributed by atoms with Gasteiger partial charge in [-0.25, -0.2) is 5.06 Å². The van der Waals surface area contributed by atoms with Crippen LogP contribution in [0.2, 0.25) is 0 Å². The fourth-order valence-corrected chi connectivity index (χ4v) is 2.86. The maximum atomic E-state index is 12.2. The molecule has 2 saturated heterocycles. The minimum absolute atomic E-state index is 0.0717. The van der Waals surface area contributed by atoms with Crippen LogP contribution >= 0.6 is 0 Å². The third-order valence-electron chi connectivity index (χ3n) is 3.62. The summed E-state index contributed by atoms with van der Waals surface area (Å²) in [5.74, 6) is 0.296. The van der Waals surface area contributed by atoms with E-state index in [0.717, 1.165) is 24.3 Å². The number of carbonyl (C=O) groups is 1. The van der Waals surface area contributed by atoms with Crippen molar-refractivity contribution < 1.29 is 14.4 Å². The van der Waals surface area contributed by atoms with E-state index in [1.54, 1.807) is 5.06 Å². The van der Waals surface area contributed by atoms with Crippen molar-refractivity contribution in [3.63, 3.8) is 0 Å². The molecule has 2 bridgehead atoms. The van der Waals surface area contributed by atoms with Crippen molar-refractivity contribution in [1.29, 1.82) is 0 Å². The molecule has 2 fully saturated rings. The molecule has 3 atom stereocenters. The van der Waals surface area contributed by atoms with Crippen LogP contribution in [0.1, 0.15) is 16.8 Å². The highest BCUT2D eigenvalue weighted by Gasteiger charge is 2.54. The molecule has 0 unspecified atom stereocenters. The number of nitrogens with zero attached hydrogens (tertiary/aromatic N) is 1. The molecule has 0 aliphatic carbocycles. The highest BCUT2D eigenvalue weighted by Crippen LogP contribution is 2.45. The van der Waals surface area contributed by atoms with Crippen molar-refractivity contribution in [3.8, 4) is 0 Å². The van der Waals surface area contributed by atoms with Gasteiger partial charge in [-0.1, -0.05) is 12.1 Å². The zero-order valence-corrected chi connectivity index (χ0v) is 8.63. The third kappa shape index (κ3) is 0.894. The molecular weight excluding hydrogens is 206 g/mol. The minimum atomic E-state index is -0.331. The number of hydroxylamine groups is 1. The van der Waals surface area contributed by atoms with E-state index in [4.69, 9.17) is 9.57 Å². The molecule has 0 N–H and O–H groups in total. The Kier molecular flexibility index (Phi) is 1.55. The van der Waals surface area contributed by atoms with Crippen molar-refractivity contribution in [1.82, 2.24) is 0 Å². The quantitative estimate of drug-likeness (QED) is 0.657. The second kappa shape index (κ2) is 2.84. The Hall–Kier alpha value is -1.39. The molecule has 0 saturated carbocycles. The van der Waals surface area contributed by atoms with Crippen LogP contribution in [-0.2, 0) is 9.57 Å². The molecule has 3 heterocycles. The molecule has 0 amide bonds. The van der Waals surface area contributed by atoms with Gasteiger partial charge in [0.1, 0.15) is 0 Å². The minimum Gasteiger partial charge on any atom is -0.356 e. The van der Waals surface area contributed by atoms with Crippen LogP contribution in [0, 0.1) is 5.92 Å². The maximum absolute atomic E-state index is 12.2. The smallest absolute Gasteiger partial charge is 0.196 e. The molecule has 0 spiro atoms. The summed E-state index contributed by atoms with van der Waals surface area (Å²) in [5.41, 5.74) is 1.61. The van der Waals surface area contributed by atoms with Crippen LogP contribution < -0.4 is 5.06 Å². The Balaban J connectivity index is 1.91. The SMILES string of the molecule is O=C1c2ccccc2N2O[C@@H]1[C@@H]1CCO[C@@H]12. The zero-order chi connectivity index (χ0) is 10.7. The number of ketones is 1. The molecule has 0 radical (unpaired) electrons. The third-order valence-corrected chi connectivity index (χ3v) is 3.62. The van der Waals surface area contributed by atoms with Crippen LogP contribution in [0.15, 0.2) is 24.3 Å². The lowest BCUT2D eigenvalue weighted by atomic mass is 9.94. The molecule has 16 heavy (non-hydrogen) atoms. The molecule has 1 aromatic carbocycles. The highest BCUT2D eigenvalue weighted by atomic mass is 16.7. The predicted octanol–water partition coefficient (Wildman–Crippen LogP) is 1.37. The lowest BCUT2D eigenvalue weighted by molar-refractivity contribution is 0.0178. The molecule has 4 nitrogen and oxygen atoms in total. The number of ether oxygens (including phenoxy) is 1. The first-order chi connectivity index (χ1) is 7.86. The normalized spacial score (nSPS) is 35.1. The molecule has 1 aromatic rings. The zero-order valence-electron chi connectivity index (χ0n) is 8.63. The summed E-state index contributed by atoms with van der Waals surface area (Å²) in [6.45, 7) is 0.723. The second-order valence-electron chi connectivity index (χ2n) is 4.45. The first-order valence-electron chi connectivity index (χ1n) is 5.57. The molecule has 3 aliphatic rings. The summed E-state index contributed by atoms with van der Waals surface area (Å²) in [6, 6.07) is 7.58. The second-order valence-corrected chi connectivity index (χ2v) is 4.45. The fraction of sp³-hybridized carbons (Fsp3) is 0.417. The summed E-state index contributed by atoms with van der Waals surface area (Å²) >= 11 is 0. The number of fused-ring (bicyclic) bond motifs is 7. The molecule has 3 aliphatic heterocycles. The first kappa shape index (κ1) is 8.73. The Morgan fingerprint density at radius 1 is 1.31 bits per heavy atom. The monoisotopic (exact) mass is 217 g/mol.